The second-order valence-corrected chi connectivity index (χ2v) is 6.81. The number of carbonyl (C=O) groups is 2. The summed E-state index contributed by atoms with van der Waals surface area (Å²) in [4.78, 5) is 32.8. The molecule has 2 heterocycles. The number of benzene rings is 2. The summed E-state index contributed by atoms with van der Waals surface area (Å²) in [5.74, 6) is -1.85. The minimum absolute atomic E-state index is 0.0964. The predicted octanol–water partition coefficient (Wildman–Crippen LogP) is 4.77. The van der Waals surface area contributed by atoms with Gasteiger partial charge in [0.05, 0.1) is 11.3 Å². The van der Waals surface area contributed by atoms with Crippen LogP contribution in [-0.4, -0.2) is 21.7 Å². The number of pyridine rings is 1. The fourth-order valence-corrected chi connectivity index (χ4v) is 3.33. The lowest BCUT2D eigenvalue weighted by Crippen LogP contribution is -2.24. The van der Waals surface area contributed by atoms with Gasteiger partial charge in [-0.25, -0.2) is 9.37 Å². The van der Waals surface area contributed by atoms with Gasteiger partial charge in [-0.05, 0) is 35.9 Å². The van der Waals surface area contributed by atoms with Crippen molar-refractivity contribution in [3.8, 4) is 0 Å². The number of para-hydroxylation sites is 1. The van der Waals surface area contributed by atoms with Crippen LogP contribution in [0.5, 0.6) is 0 Å². The van der Waals surface area contributed by atoms with E-state index < -0.39 is 11.7 Å². The van der Waals surface area contributed by atoms with E-state index in [2.05, 4.69) is 15.3 Å². The van der Waals surface area contributed by atoms with Crippen molar-refractivity contribution in [3.63, 3.8) is 0 Å². The number of halogens is 2. The lowest BCUT2D eigenvalue weighted by molar-refractivity contribution is -0.112. The molecule has 2 N–H and O–H groups in total. The number of carbonyl (C=O) groups excluding carboxylic acids is 2. The Morgan fingerprint density at radius 2 is 1.79 bits per heavy atom. The van der Waals surface area contributed by atoms with Gasteiger partial charge in [-0.3, -0.25) is 9.59 Å². The van der Waals surface area contributed by atoms with Crippen LogP contribution in [0.15, 0.2) is 66.9 Å². The molecule has 0 saturated carbocycles. The SMILES string of the molecule is O=C(Nc1cccnc1Cl)C(=O)c1c(Cc2ccc(F)cc2)[nH]c2ccccc12. The Kier molecular flexibility index (Phi) is 5.10. The van der Waals surface area contributed by atoms with Crippen LogP contribution in [0.4, 0.5) is 10.1 Å². The van der Waals surface area contributed by atoms with Gasteiger partial charge in [0.25, 0.3) is 11.7 Å². The van der Waals surface area contributed by atoms with Crippen LogP contribution in [0, 0.1) is 5.82 Å². The number of ketones is 1. The van der Waals surface area contributed by atoms with Gasteiger partial charge in [-0.2, -0.15) is 0 Å². The molecule has 0 aliphatic heterocycles. The van der Waals surface area contributed by atoms with E-state index in [1.54, 1.807) is 36.4 Å². The van der Waals surface area contributed by atoms with Crippen LogP contribution in [0.2, 0.25) is 5.15 Å². The molecule has 5 nitrogen and oxygen atoms in total. The average Bonchev–Trinajstić information content (AvgIpc) is 3.08. The summed E-state index contributed by atoms with van der Waals surface area (Å²) < 4.78 is 13.2. The van der Waals surface area contributed by atoms with Crippen LogP contribution < -0.4 is 5.32 Å². The van der Waals surface area contributed by atoms with Gasteiger partial charge >= 0.3 is 0 Å². The van der Waals surface area contributed by atoms with Gasteiger partial charge in [0.1, 0.15) is 5.82 Å². The third kappa shape index (κ3) is 3.88. The Morgan fingerprint density at radius 3 is 2.55 bits per heavy atom. The molecule has 29 heavy (non-hydrogen) atoms. The highest BCUT2D eigenvalue weighted by molar-refractivity contribution is 6.49. The molecule has 0 saturated heterocycles. The van der Waals surface area contributed by atoms with Crippen molar-refractivity contribution in [3.05, 3.63) is 94.7 Å². The Morgan fingerprint density at radius 1 is 1.03 bits per heavy atom. The van der Waals surface area contributed by atoms with Crippen LogP contribution in [0.25, 0.3) is 10.9 Å². The summed E-state index contributed by atoms with van der Waals surface area (Å²) in [6.45, 7) is 0. The highest BCUT2D eigenvalue weighted by Gasteiger charge is 2.25. The highest BCUT2D eigenvalue weighted by Crippen LogP contribution is 2.26. The van der Waals surface area contributed by atoms with Gasteiger partial charge in [0, 0.05) is 29.2 Å². The van der Waals surface area contributed by atoms with Crippen molar-refractivity contribution >= 4 is 39.9 Å². The fraction of sp³-hybridized carbons (Fsp3) is 0.0455. The van der Waals surface area contributed by atoms with Crippen molar-refractivity contribution in [1.82, 2.24) is 9.97 Å². The first-order valence-electron chi connectivity index (χ1n) is 8.83. The molecule has 4 aromatic rings. The molecule has 2 aromatic heterocycles. The number of fused-ring (bicyclic) bond motifs is 1. The minimum Gasteiger partial charge on any atom is -0.357 e. The summed E-state index contributed by atoms with van der Waals surface area (Å²) in [7, 11) is 0. The largest absolute Gasteiger partial charge is 0.357 e. The van der Waals surface area contributed by atoms with Crippen molar-refractivity contribution < 1.29 is 14.0 Å². The number of amides is 1. The fourth-order valence-electron chi connectivity index (χ4n) is 3.17. The summed E-state index contributed by atoms with van der Waals surface area (Å²) in [6.07, 6.45) is 1.83. The zero-order chi connectivity index (χ0) is 20.4. The number of H-pyrrole nitrogens is 1. The van der Waals surface area contributed by atoms with Gasteiger partial charge < -0.3 is 10.3 Å². The van der Waals surface area contributed by atoms with Gasteiger partial charge in [-0.1, -0.05) is 41.9 Å². The zero-order valence-electron chi connectivity index (χ0n) is 15.1. The van der Waals surface area contributed by atoms with Crippen molar-refractivity contribution in [2.75, 3.05) is 5.32 Å². The van der Waals surface area contributed by atoms with E-state index >= 15 is 0 Å². The number of hydrogen-bond donors (Lipinski definition) is 2. The van der Waals surface area contributed by atoms with E-state index in [0.29, 0.717) is 17.5 Å². The smallest absolute Gasteiger partial charge is 0.296 e. The second kappa shape index (κ2) is 7.85. The van der Waals surface area contributed by atoms with E-state index in [9.17, 15) is 14.0 Å². The molecule has 0 bridgehead atoms. The molecular weight excluding hydrogens is 393 g/mol. The van der Waals surface area contributed by atoms with E-state index in [0.717, 1.165) is 11.1 Å². The maximum atomic E-state index is 13.2. The topological polar surface area (TPSA) is 74.8 Å². The zero-order valence-corrected chi connectivity index (χ0v) is 15.8. The molecule has 0 spiro atoms. The third-order valence-corrected chi connectivity index (χ3v) is 4.82. The molecule has 0 unspecified atom stereocenters. The highest BCUT2D eigenvalue weighted by atomic mass is 35.5. The predicted molar refractivity (Wildman–Crippen MR) is 110 cm³/mol. The molecule has 144 valence electrons. The van der Waals surface area contributed by atoms with Crippen LogP contribution in [0.3, 0.4) is 0 Å². The van der Waals surface area contributed by atoms with E-state index in [1.807, 2.05) is 12.1 Å². The maximum absolute atomic E-state index is 13.2. The molecule has 0 atom stereocenters. The summed E-state index contributed by atoms with van der Waals surface area (Å²) in [6, 6.07) is 16.4. The summed E-state index contributed by atoms with van der Waals surface area (Å²) in [5, 5.41) is 3.25. The van der Waals surface area contributed by atoms with Crippen molar-refractivity contribution in [2.45, 2.75) is 6.42 Å². The Hall–Kier alpha value is -3.51. The number of Topliss-reactive ketones (excluding diaryl/α,β-unsaturated/α-hetero) is 1. The summed E-state index contributed by atoms with van der Waals surface area (Å²) >= 11 is 5.97. The molecule has 0 fully saturated rings. The minimum atomic E-state index is -0.815. The normalized spacial score (nSPS) is 10.8. The van der Waals surface area contributed by atoms with Crippen LogP contribution in [-0.2, 0) is 11.2 Å². The Labute approximate surface area is 170 Å². The standard InChI is InChI=1S/C22H15ClFN3O2/c23-21-17(6-3-11-25-21)27-22(29)20(28)19-15-4-1-2-5-16(15)26-18(19)12-13-7-9-14(24)10-8-13/h1-11,26H,12H2,(H,27,29). The van der Waals surface area contributed by atoms with E-state index in [-0.39, 0.29) is 22.2 Å². The first-order chi connectivity index (χ1) is 14.0. The molecule has 2 aromatic carbocycles. The molecule has 0 aliphatic carbocycles. The first kappa shape index (κ1) is 18.8. The second-order valence-electron chi connectivity index (χ2n) is 6.45. The third-order valence-electron chi connectivity index (χ3n) is 4.52. The molecule has 4 rings (SSSR count). The Balaban J connectivity index is 1.71. The number of rotatable bonds is 5. The van der Waals surface area contributed by atoms with Crippen molar-refractivity contribution in [1.29, 1.82) is 0 Å². The number of aromatic amines is 1. The number of nitrogens with one attached hydrogen (secondary N) is 2. The molecule has 1 amide bonds. The lowest BCUT2D eigenvalue weighted by atomic mass is 10.0. The van der Waals surface area contributed by atoms with Gasteiger partial charge in [0.2, 0.25) is 0 Å². The molecule has 0 aliphatic rings. The van der Waals surface area contributed by atoms with Gasteiger partial charge in [0.15, 0.2) is 5.15 Å². The summed E-state index contributed by atoms with van der Waals surface area (Å²) in [5.41, 5.74) is 2.66. The monoisotopic (exact) mass is 407 g/mol. The maximum Gasteiger partial charge on any atom is 0.296 e. The quantitative estimate of drug-likeness (QED) is 0.284. The first-order valence-corrected chi connectivity index (χ1v) is 9.21. The average molecular weight is 408 g/mol. The van der Waals surface area contributed by atoms with Crippen molar-refractivity contribution in [2.24, 2.45) is 0 Å². The molecule has 0 radical (unpaired) electrons. The number of aromatic nitrogens is 2. The number of anilines is 1. The van der Waals surface area contributed by atoms with E-state index in [4.69, 9.17) is 11.6 Å². The Bertz CT molecular complexity index is 1220. The van der Waals surface area contributed by atoms with Gasteiger partial charge in [-0.15, -0.1) is 0 Å². The number of hydrogen-bond acceptors (Lipinski definition) is 3. The molecular formula is C22H15ClFN3O2. The number of nitrogens with zero attached hydrogens (tertiary/aromatic N) is 1. The molecule has 7 heteroatoms. The lowest BCUT2D eigenvalue weighted by Gasteiger charge is -2.07. The van der Waals surface area contributed by atoms with Crippen LogP contribution in [0.1, 0.15) is 21.6 Å². The van der Waals surface area contributed by atoms with E-state index in [1.165, 1.54) is 18.3 Å². The van der Waals surface area contributed by atoms with Crippen LogP contribution >= 0.6 is 11.6 Å².